The predicted molar refractivity (Wildman–Crippen MR) is 235 cm³/mol. The molecular weight excluding hydrogens is 685 g/mol. The van der Waals surface area contributed by atoms with Crippen molar-refractivity contribution in [3.05, 3.63) is 194 Å². The SMILES string of the molecule is c1ccc(-c2nc(-c3ccc(-c4ccc5sc6ccccc6c5c4)cc3)cc(-c3c4ccccc4c(-c4ccccc4)c4ccc5ccccc5c34)n2)cc1. The zero-order valence-electron chi connectivity index (χ0n) is 29.8. The molecule has 0 saturated carbocycles. The van der Waals surface area contributed by atoms with E-state index < -0.39 is 0 Å². The number of benzene rings is 9. The molecule has 0 unspecified atom stereocenters. The van der Waals surface area contributed by atoms with Crippen LogP contribution in [-0.4, -0.2) is 9.97 Å². The van der Waals surface area contributed by atoms with Crippen LogP contribution in [-0.2, 0) is 0 Å². The van der Waals surface area contributed by atoms with Gasteiger partial charge < -0.3 is 0 Å². The highest BCUT2D eigenvalue weighted by molar-refractivity contribution is 7.25. The Morgan fingerprint density at radius 2 is 0.891 bits per heavy atom. The summed E-state index contributed by atoms with van der Waals surface area (Å²) in [4.78, 5) is 10.7. The Hall–Kier alpha value is -6.94. The van der Waals surface area contributed by atoms with Gasteiger partial charge in [-0.3, -0.25) is 0 Å². The van der Waals surface area contributed by atoms with Crippen molar-refractivity contribution in [2.75, 3.05) is 0 Å². The van der Waals surface area contributed by atoms with E-state index in [1.807, 2.05) is 17.4 Å². The highest BCUT2D eigenvalue weighted by Gasteiger charge is 2.21. The first-order chi connectivity index (χ1) is 27.3. The quantitative estimate of drug-likeness (QED) is 0.131. The van der Waals surface area contributed by atoms with Crippen molar-refractivity contribution in [1.29, 1.82) is 0 Å². The van der Waals surface area contributed by atoms with Gasteiger partial charge in [-0.2, -0.15) is 0 Å². The topological polar surface area (TPSA) is 25.8 Å². The fourth-order valence-electron chi connectivity index (χ4n) is 8.31. The van der Waals surface area contributed by atoms with E-state index in [-0.39, 0.29) is 0 Å². The molecular formula is C52H32N2S. The molecule has 0 spiro atoms. The summed E-state index contributed by atoms with van der Waals surface area (Å²) in [7, 11) is 0. The van der Waals surface area contributed by atoms with Crippen LogP contribution in [0.4, 0.5) is 0 Å². The standard InChI is InChI=1S/C52H32N2S/c1-3-14-36(15-4-1)49-41-20-9-10-21-42(41)51(50-39-18-8-7-13-34(39)27-29-43(49)50)46-32-45(53-52(54-46)37-16-5-2-6-17-37)35-25-23-33(24-26-35)38-28-30-48-44(31-38)40-19-11-12-22-47(40)55-48/h1-32H. The van der Waals surface area contributed by atoms with E-state index in [4.69, 9.17) is 9.97 Å². The minimum atomic E-state index is 0.705. The smallest absolute Gasteiger partial charge is 0.160 e. The lowest BCUT2D eigenvalue weighted by Crippen LogP contribution is -1.98. The first-order valence-electron chi connectivity index (χ1n) is 18.7. The second-order valence-electron chi connectivity index (χ2n) is 14.1. The van der Waals surface area contributed by atoms with E-state index in [1.165, 1.54) is 74.7 Å². The first kappa shape index (κ1) is 31.6. The molecule has 0 atom stereocenters. The second-order valence-corrected chi connectivity index (χ2v) is 15.2. The van der Waals surface area contributed by atoms with Gasteiger partial charge in [-0.15, -0.1) is 11.3 Å². The number of nitrogens with zero attached hydrogens (tertiary/aromatic N) is 2. The van der Waals surface area contributed by atoms with Crippen LogP contribution < -0.4 is 0 Å². The van der Waals surface area contributed by atoms with E-state index in [9.17, 15) is 0 Å². The average molecular weight is 717 g/mol. The molecule has 3 heteroatoms. The van der Waals surface area contributed by atoms with Gasteiger partial charge in [0, 0.05) is 42.2 Å². The van der Waals surface area contributed by atoms with E-state index in [0.717, 1.165) is 28.1 Å². The van der Waals surface area contributed by atoms with Crippen LogP contribution in [0.25, 0.3) is 109 Å². The van der Waals surface area contributed by atoms with Crippen molar-refractivity contribution in [2.45, 2.75) is 0 Å². The summed E-state index contributed by atoms with van der Waals surface area (Å²) in [6, 6.07) is 69.7. The van der Waals surface area contributed by atoms with Crippen molar-refractivity contribution < 1.29 is 0 Å². The Morgan fingerprint density at radius 3 is 1.67 bits per heavy atom. The van der Waals surface area contributed by atoms with Crippen molar-refractivity contribution in [1.82, 2.24) is 9.97 Å². The summed E-state index contributed by atoms with van der Waals surface area (Å²) in [6.45, 7) is 0. The van der Waals surface area contributed by atoms with Gasteiger partial charge in [0.25, 0.3) is 0 Å². The van der Waals surface area contributed by atoms with Gasteiger partial charge in [0.15, 0.2) is 5.82 Å². The molecule has 0 aliphatic rings. The summed E-state index contributed by atoms with van der Waals surface area (Å²) in [5.41, 5.74) is 9.77. The van der Waals surface area contributed by atoms with Crippen molar-refractivity contribution in [3.8, 4) is 56.2 Å². The monoisotopic (exact) mass is 716 g/mol. The molecule has 2 nitrogen and oxygen atoms in total. The summed E-state index contributed by atoms with van der Waals surface area (Å²) in [5.74, 6) is 0.705. The summed E-state index contributed by atoms with van der Waals surface area (Å²) < 4.78 is 2.63. The lowest BCUT2D eigenvalue weighted by Gasteiger charge is -2.19. The van der Waals surface area contributed by atoms with Crippen molar-refractivity contribution in [2.24, 2.45) is 0 Å². The molecule has 0 bridgehead atoms. The molecule has 2 aromatic heterocycles. The van der Waals surface area contributed by atoms with Crippen LogP contribution in [0.5, 0.6) is 0 Å². The normalized spacial score (nSPS) is 11.6. The molecule has 0 aliphatic heterocycles. The zero-order chi connectivity index (χ0) is 36.3. The minimum Gasteiger partial charge on any atom is -0.228 e. The molecule has 0 N–H and O–H groups in total. The van der Waals surface area contributed by atoms with Crippen LogP contribution in [0.15, 0.2) is 194 Å². The van der Waals surface area contributed by atoms with E-state index in [1.54, 1.807) is 0 Å². The highest BCUT2D eigenvalue weighted by atomic mass is 32.1. The van der Waals surface area contributed by atoms with Crippen LogP contribution in [0, 0.1) is 0 Å². The maximum atomic E-state index is 5.41. The second kappa shape index (κ2) is 12.9. The van der Waals surface area contributed by atoms with Gasteiger partial charge in [0.1, 0.15) is 0 Å². The molecule has 0 aliphatic carbocycles. The van der Waals surface area contributed by atoms with E-state index >= 15 is 0 Å². The van der Waals surface area contributed by atoms with Gasteiger partial charge in [-0.05, 0) is 73.5 Å². The van der Waals surface area contributed by atoms with Crippen LogP contribution in [0.1, 0.15) is 0 Å². The molecule has 11 rings (SSSR count). The molecule has 55 heavy (non-hydrogen) atoms. The molecule has 11 aromatic rings. The molecule has 2 heterocycles. The molecule has 0 amide bonds. The lowest BCUT2D eigenvalue weighted by molar-refractivity contribution is 1.19. The van der Waals surface area contributed by atoms with Gasteiger partial charge >= 0.3 is 0 Å². The Labute approximate surface area is 322 Å². The van der Waals surface area contributed by atoms with Gasteiger partial charge in [-0.1, -0.05) is 170 Å². The van der Waals surface area contributed by atoms with Gasteiger partial charge in [0.2, 0.25) is 0 Å². The number of hydrogen-bond acceptors (Lipinski definition) is 3. The average Bonchev–Trinajstić information content (AvgIpc) is 3.64. The maximum absolute atomic E-state index is 5.41. The highest BCUT2D eigenvalue weighted by Crippen LogP contribution is 2.46. The molecule has 0 fully saturated rings. The summed E-state index contributed by atoms with van der Waals surface area (Å²) in [6.07, 6.45) is 0. The third-order valence-electron chi connectivity index (χ3n) is 10.9. The number of fused-ring (bicyclic) bond motifs is 7. The minimum absolute atomic E-state index is 0.705. The van der Waals surface area contributed by atoms with Gasteiger partial charge in [-0.25, -0.2) is 9.97 Å². The summed E-state index contributed by atoms with van der Waals surface area (Å²) >= 11 is 1.85. The fraction of sp³-hybridized carbons (Fsp3) is 0. The number of rotatable bonds is 5. The molecule has 0 radical (unpaired) electrons. The Morgan fingerprint density at radius 1 is 0.309 bits per heavy atom. The molecule has 256 valence electrons. The van der Waals surface area contributed by atoms with Crippen LogP contribution >= 0.6 is 11.3 Å². The van der Waals surface area contributed by atoms with E-state index in [0.29, 0.717) is 5.82 Å². The fourth-order valence-corrected chi connectivity index (χ4v) is 9.39. The van der Waals surface area contributed by atoms with E-state index in [2.05, 4.69) is 188 Å². The predicted octanol–water partition coefficient (Wildman–Crippen LogP) is 14.6. The number of hydrogen-bond donors (Lipinski definition) is 0. The van der Waals surface area contributed by atoms with Crippen molar-refractivity contribution in [3.63, 3.8) is 0 Å². The van der Waals surface area contributed by atoms with Crippen LogP contribution in [0.3, 0.4) is 0 Å². The Kier molecular flexibility index (Phi) is 7.39. The third-order valence-corrected chi connectivity index (χ3v) is 12.0. The lowest BCUT2D eigenvalue weighted by atomic mass is 9.85. The number of thiophene rings is 1. The first-order valence-corrected chi connectivity index (χ1v) is 19.5. The Balaban J connectivity index is 1.15. The van der Waals surface area contributed by atoms with Gasteiger partial charge in [0.05, 0.1) is 11.4 Å². The number of aromatic nitrogens is 2. The largest absolute Gasteiger partial charge is 0.228 e. The third kappa shape index (κ3) is 5.32. The summed E-state index contributed by atoms with van der Waals surface area (Å²) in [5, 5.41) is 9.80. The zero-order valence-corrected chi connectivity index (χ0v) is 30.6. The van der Waals surface area contributed by atoms with Crippen molar-refractivity contribution >= 4 is 63.8 Å². The van der Waals surface area contributed by atoms with Crippen LogP contribution in [0.2, 0.25) is 0 Å². The Bertz CT molecular complexity index is 3240. The maximum Gasteiger partial charge on any atom is 0.160 e. The molecule has 0 saturated heterocycles. The molecule has 9 aromatic carbocycles.